The summed E-state index contributed by atoms with van der Waals surface area (Å²) in [6.45, 7) is 2.59. The predicted octanol–water partition coefficient (Wildman–Crippen LogP) is 6.68. The van der Waals surface area contributed by atoms with Crippen LogP contribution in [0.3, 0.4) is 0 Å². The summed E-state index contributed by atoms with van der Waals surface area (Å²) in [5.41, 5.74) is 3.68. The molecule has 0 N–H and O–H groups in total. The van der Waals surface area contributed by atoms with Gasteiger partial charge in [0.25, 0.3) is 5.56 Å². The largest absolute Gasteiger partial charge is 0.416 e. The van der Waals surface area contributed by atoms with Crippen LogP contribution in [0.4, 0.5) is 17.6 Å². The maximum absolute atomic E-state index is 13.5. The first-order valence-corrected chi connectivity index (χ1v) is 15.6. The number of alkyl halides is 3. The smallest absolute Gasteiger partial charge is 0.319 e. The van der Waals surface area contributed by atoms with Crippen molar-refractivity contribution in [1.29, 1.82) is 0 Å². The molecule has 6 aromatic rings. The fourth-order valence-corrected chi connectivity index (χ4v) is 6.04. The minimum absolute atomic E-state index is 0.281. The predicted molar refractivity (Wildman–Crippen MR) is 170 cm³/mol. The summed E-state index contributed by atoms with van der Waals surface area (Å²) in [5, 5.41) is 13.4. The summed E-state index contributed by atoms with van der Waals surface area (Å²) >= 11 is 1.37. The molecular formula is C34H29F4N7OS. The Balaban J connectivity index is 1.25. The van der Waals surface area contributed by atoms with Crippen LogP contribution in [0.5, 0.6) is 0 Å². The van der Waals surface area contributed by atoms with Crippen molar-refractivity contribution in [1.82, 2.24) is 34.1 Å². The van der Waals surface area contributed by atoms with Crippen molar-refractivity contribution < 1.29 is 17.6 Å². The van der Waals surface area contributed by atoms with Gasteiger partial charge in [0.2, 0.25) is 0 Å². The van der Waals surface area contributed by atoms with Crippen molar-refractivity contribution in [3.8, 4) is 11.1 Å². The van der Waals surface area contributed by atoms with E-state index in [1.165, 1.54) is 36.0 Å². The van der Waals surface area contributed by atoms with Crippen molar-refractivity contribution in [2.75, 3.05) is 0 Å². The van der Waals surface area contributed by atoms with Gasteiger partial charge in [-0.05, 0) is 59.0 Å². The van der Waals surface area contributed by atoms with Gasteiger partial charge < -0.3 is 9.13 Å². The second-order valence-electron chi connectivity index (χ2n) is 11.1. The van der Waals surface area contributed by atoms with E-state index in [1.54, 1.807) is 29.2 Å². The van der Waals surface area contributed by atoms with Crippen LogP contribution in [0.1, 0.15) is 39.5 Å². The maximum Gasteiger partial charge on any atom is 0.416 e. The first-order valence-electron chi connectivity index (χ1n) is 14.6. The second-order valence-corrected chi connectivity index (χ2v) is 12.1. The fourth-order valence-electron chi connectivity index (χ4n) is 5.12. The molecule has 0 saturated carbocycles. The van der Waals surface area contributed by atoms with E-state index in [2.05, 4.69) is 20.3 Å². The summed E-state index contributed by atoms with van der Waals surface area (Å²) in [6, 6.07) is 18.9. The van der Waals surface area contributed by atoms with Crippen molar-refractivity contribution in [3.63, 3.8) is 0 Å². The zero-order chi connectivity index (χ0) is 33.1. The summed E-state index contributed by atoms with van der Waals surface area (Å²) in [4.78, 5) is 17.5. The van der Waals surface area contributed by atoms with Gasteiger partial charge in [-0.25, -0.2) is 4.39 Å². The molecule has 8 nitrogen and oxygen atoms in total. The number of nitrogens with zero attached hydrogens (tertiary/aromatic N) is 7. The number of rotatable bonds is 10. The topological polar surface area (TPSA) is 83.4 Å². The first-order chi connectivity index (χ1) is 22.5. The Morgan fingerprint density at radius 1 is 0.809 bits per heavy atom. The molecule has 0 radical (unpaired) electrons. The van der Waals surface area contributed by atoms with E-state index in [9.17, 15) is 22.4 Å². The molecule has 3 heterocycles. The highest BCUT2D eigenvalue weighted by atomic mass is 32.2. The minimum Gasteiger partial charge on any atom is -0.319 e. The molecule has 0 bridgehead atoms. The van der Waals surface area contributed by atoms with E-state index in [-0.39, 0.29) is 17.9 Å². The highest BCUT2D eigenvalue weighted by molar-refractivity contribution is 7.98. The molecule has 0 unspecified atom stereocenters. The van der Waals surface area contributed by atoms with Gasteiger partial charge in [-0.3, -0.25) is 9.48 Å². The van der Waals surface area contributed by atoms with E-state index in [0.717, 1.165) is 34.4 Å². The van der Waals surface area contributed by atoms with Crippen LogP contribution >= 0.6 is 11.8 Å². The van der Waals surface area contributed by atoms with E-state index < -0.39 is 11.7 Å². The monoisotopic (exact) mass is 659 g/mol. The zero-order valence-electron chi connectivity index (χ0n) is 25.4. The third kappa shape index (κ3) is 7.68. The van der Waals surface area contributed by atoms with Gasteiger partial charge in [-0.2, -0.15) is 23.3 Å². The van der Waals surface area contributed by atoms with Crippen LogP contribution in [-0.2, 0) is 38.5 Å². The molecule has 0 amide bonds. The quantitative estimate of drug-likeness (QED) is 0.0927. The summed E-state index contributed by atoms with van der Waals surface area (Å²) in [5.74, 6) is 1.50. The molecule has 3 aromatic carbocycles. The molecule has 0 aliphatic heterocycles. The van der Waals surface area contributed by atoms with Crippen molar-refractivity contribution in [2.45, 2.75) is 43.5 Å². The zero-order valence-corrected chi connectivity index (χ0v) is 26.3. The van der Waals surface area contributed by atoms with Crippen molar-refractivity contribution in [2.24, 2.45) is 7.05 Å². The van der Waals surface area contributed by atoms with Crippen LogP contribution in [0.25, 0.3) is 11.1 Å². The summed E-state index contributed by atoms with van der Waals surface area (Å²) in [6.07, 6.45) is 1.33. The highest BCUT2D eigenvalue weighted by Crippen LogP contribution is 2.31. The number of hydrogen-bond acceptors (Lipinski definition) is 6. The van der Waals surface area contributed by atoms with Gasteiger partial charge >= 0.3 is 6.18 Å². The fraction of sp³-hybridized carbons (Fsp3) is 0.206. The number of aromatic nitrogens is 7. The number of hydrogen-bond donors (Lipinski definition) is 0. The molecule has 240 valence electrons. The van der Waals surface area contributed by atoms with E-state index in [0.29, 0.717) is 46.7 Å². The molecule has 13 heteroatoms. The van der Waals surface area contributed by atoms with Gasteiger partial charge in [-0.1, -0.05) is 60.3 Å². The Bertz CT molecular complexity index is 2050. The van der Waals surface area contributed by atoms with Gasteiger partial charge in [0.15, 0.2) is 11.0 Å². The number of halogens is 4. The molecule has 0 saturated heterocycles. The van der Waals surface area contributed by atoms with E-state index >= 15 is 0 Å². The highest BCUT2D eigenvalue weighted by Gasteiger charge is 2.30. The average molecular weight is 660 g/mol. The number of aryl methyl sites for hydroxylation is 2. The molecule has 0 spiro atoms. The average Bonchev–Trinajstić information content (AvgIpc) is 3.62. The molecular weight excluding hydrogens is 630 g/mol. The normalized spacial score (nSPS) is 11.7. The maximum atomic E-state index is 13.5. The molecule has 0 atom stereocenters. The van der Waals surface area contributed by atoms with Crippen LogP contribution in [-0.4, -0.2) is 34.1 Å². The first kappa shape index (κ1) is 31.9. The molecule has 0 aliphatic rings. The summed E-state index contributed by atoms with van der Waals surface area (Å²) in [7, 11) is 1.81. The third-order valence-electron chi connectivity index (χ3n) is 7.63. The molecule has 47 heavy (non-hydrogen) atoms. The minimum atomic E-state index is -4.38. The van der Waals surface area contributed by atoms with Crippen LogP contribution in [0, 0.1) is 12.7 Å². The molecule has 6 rings (SSSR count). The Hall–Kier alpha value is -5.04. The van der Waals surface area contributed by atoms with Crippen molar-refractivity contribution >= 4 is 11.8 Å². The lowest BCUT2D eigenvalue weighted by Crippen LogP contribution is -2.21. The Labute approximate surface area is 271 Å². The summed E-state index contributed by atoms with van der Waals surface area (Å²) < 4.78 is 57.9. The lowest BCUT2D eigenvalue weighted by molar-refractivity contribution is -0.137. The third-order valence-corrected chi connectivity index (χ3v) is 8.69. The van der Waals surface area contributed by atoms with Crippen LogP contribution in [0.15, 0.2) is 101 Å². The standard InChI is InChI=1S/C34H29F4N7OS/c1-22-41-42-31(45(22)18-23-3-7-26(8-4-23)27-9-11-29(12-10-27)34(36,37)38)20-44-19-28(15-25-16-39-43(2)17-25)32(46)40-33(44)47-21-24-5-13-30(35)14-6-24/h3-14,16-17,19H,15,18,20-21H2,1-2H3. The van der Waals surface area contributed by atoms with Crippen LogP contribution < -0.4 is 5.56 Å². The Morgan fingerprint density at radius 3 is 2.11 bits per heavy atom. The SMILES string of the molecule is Cc1nnc(Cn2cc(Cc3cnn(C)c3)c(=O)nc2SCc2ccc(F)cc2)n1Cc1ccc(-c2ccc(C(F)(F)F)cc2)cc1. The molecule has 3 aromatic heterocycles. The second kappa shape index (κ2) is 13.4. The van der Waals surface area contributed by atoms with Crippen LogP contribution in [0.2, 0.25) is 0 Å². The van der Waals surface area contributed by atoms with Crippen molar-refractivity contribution in [3.05, 3.63) is 147 Å². The number of benzene rings is 3. The lowest BCUT2D eigenvalue weighted by atomic mass is 10.0. The van der Waals surface area contributed by atoms with Gasteiger partial charge in [0.05, 0.1) is 24.8 Å². The van der Waals surface area contributed by atoms with Gasteiger partial charge in [0.1, 0.15) is 11.6 Å². The molecule has 0 aliphatic carbocycles. The van der Waals surface area contributed by atoms with E-state index in [1.807, 2.05) is 53.6 Å². The Kier molecular flexibility index (Phi) is 9.08. The van der Waals surface area contributed by atoms with Gasteiger partial charge in [0, 0.05) is 37.2 Å². The molecule has 0 fully saturated rings. The number of thioether (sulfide) groups is 1. The van der Waals surface area contributed by atoms with Gasteiger partial charge in [-0.15, -0.1) is 10.2 Å². The van der Waals surface area contributed by atoms with E-state index in [4.69, 9.17) is 0 Å². The Morgan fingerprint density at radius 2 is 1.47 bits per heavy atom. The lowest BCUT2D eigenvalue weighted by Gasteiger charge is -2.15.